The number of halogens is 2. The van der Waals surface area contributed by atoms with Gasteiger partial charge in [-0.1, -0.05) is 6.08 Å². The summed E-state index contributed by atoms with van der Waals surface area (Å²) in [5, 5.41) is 3.44. The first-order chi connectivity index (χ1) is 7.74. The minimum absolute atomic E-state index is 0.734. The lowest BCUT2D eigenvalue weighted by Crippen LogP contribution is -2.09. The van der Waals surface area contributed by atoms with Crippen LogP contribution in [0.5, 0.6) is 0 Å². The normalized spacial score (nSPS) is 28.0. The zero-order valence-corrected chi connectivity index (χ0v) is 11.9. The van der Waals surface area contributed by atoms with Crippen LogP contribution in [0.4, 0.5) is 0 Å². The molecular weight excluding hydrogens is 332 g/mol. The number of hydrogen-bond donors (Lipinski definition) is 1. The highest BCUT2D eigenvalue weighted by molar-refractivity contribution is 9.13. The monoisotopic (exact) mass is 342 g/mol. The number of fused-ring (bicyclic) bond motifs is 1. The van der Waals surface area contributed by atoms with Crippen molar-refractivity contribution in [3.63, 3.8) is 0 Å². The molecule has 1 aromatic rings. The molecule has 1 aromatic heterocycles. The Hall–Kier alpha value is -0.190. The summed E-state index contributed by atoms with van der Waals surface area (Å²) in [5.41, 5.74) is 2.71. The van der Waals surface area contributed by atoms with Crippen molar-refractivity contribution in [2.24, 2.45) is 11.8 Å². The molecule has 2 heterocycles. The molecule has 1 aliphatic heterocycles. The van der Waals surface area contributed by atoms with E-state index in [9.17, 15) is 0 Å². The summed E-state index contributed by atoms with van der Waals surface area (Å²) in [5.74, 6) is 1.54. The molecule has 1 fully saturated rings. The third-order valence-corrected chi connectivity index (χ3v) is 5.22. The van der Waals surface area contributed by atoms with Gasteiger partial charge in [-0.05, 0) is 73.9 Å². The molecule has 0 spiro atoms. The highest BCUT2D eigenvalue weighted by Gasteiger charge is 2.31. The zero-order valence-electron chi connectivity index (χ0n) is 8.71. The van der Waals surface area contributed by atoms with Crippen LogP contribution in [-0.2, 0) is 0 Å². The summed E-state index contributed by atoms with van der Waals surface area (Å²) in [6, 6.07) is 2.15. The van der Waals surface area contributed by atoms with Crippen LogP contribution in [0, 0.1) is 11.8 Å². The second kappa shape index (κ2) is 4.24. The Morgan fingerprint density at radius 2 is 2.19 bits per heavy atom. The van der Waals surface area contributed by atoms with Crippen LogP contribution >= 0.6 is 31.9 Å². The van der Waals surface area contributed by atoms with Crippen molar-refractivity contribution in [1.29, 1.82) is 0 Å². The van der Waals surface area contributed by atoms with E-state index in [4.69, 9.17) is 0 Å². The van der Waals surface area contributed by atoms with E-state index in [1.54, 1.807) is 0 Å². The average molecular weight is 344 g/mol. The molecule has 0 amide bonds. The van der Waals surface area contributed by atoms with E-state index < -0.39 is 0 Å². The third-order valence-electron chi connectivity index (χ3n) is 3.46. The van der Waals surface area contributed by atoms with Gasteiger partial charge < -0.3 is 5.32 Å². The van der Waals surface area contributed by atoms with Crippen LogP contribution in [0.15, 0.2) is 27.4 Å². The van der Waals surface area contributed by atoms with Gasteiger partial charge >= 0.3 is 0 Å². The fraction of sp³-hybridized carbons (Fsp3) is 0.417. The Balaban J connectivity index is 1.90. The minimum atomic E-state index is 0.734. The SMILES string of the molecule is Brc1cc(C2=C[C@H]3CNC[C@H]3C2)cnc1Br. The Morgan fingerprint density at radius 1 is 1.31 bits per heavy atom. The topological polar surface area (TPSA) is 24.9 Å². The summed E-state index contributed by atoms with van der Waals surface area (Å²) in [7, 11) is 0. The standard InChI is InChI=1S/C12H12Br2N2/c13-11-3-10(6-16-12(11)14)7-1-8-4-15-5-9(8)2-7/h1,3,6,8-9,15H,2,4-5H2/t8-,9+/m0/s1. The number of nitrogens with one attached hydrogen (secondary N) is 1. The number of rotatable bonds is 1. The summed E-state index contributed by atoms with van der Waals surface area (Å²) < 4.78 is 1.90. The van der Waals surface area contributed by atoms with Crippen molar-refractivity contribution in [3.05, 3.63) is 33.0 Å². The third kappa shape index (κ3) is 1.87. The molecule has 1 aliphatic carbocycles. The molecule has 0 radical (unpaired) electrons. The lowest BCUT2D eigenvalue weighted by atomic mass is 9.99. The quantitative estimate of drug-likeness (QED) is 0.792. The van der Waals surface area contributed by atoms with Crippen molar-refractivity contribution >= 4 is 37.4 Å². The molecule has 2 aliphatic rings. The van der Waals surface area contributed by atoms with E-state index in [-0.39, 0.29) is 0 Å². The first-order valence-corrected chi connectivity index (χ1v) is 7.05. The highest BCUT2D eigenvalue weighted by atomic mass is 79.9. The number of nitrogens with zero attached hydrogens (tertiary/aromatic N) is 1. The van der Waals surface area contributed by atoms with Gasteiger partial charge in [0.05, 0.1) is 4.47 Å². The van der Waals surface area contributed by atoms with Gasteiger partial charge in [-0.25, -0.2) is 4.98 Å². The van der Waals surface area contributed by atoms with Gasteiger partial charge in [0.2, 0.25) is 0 Å². The van der Waals surface area contributed by atoms with E-state index in [2.05, 4.69) is 54.3 Å². The predicted molar refractivity (Wildman–Crippen MR) is 72.1 cm³/mol. The van der Waals surface area contributed by atoms with E-state index in [1.807, 2.05) is 6.20 Å². The Morgan fingerprint density at radius 3 is 2.94 bits per heavy atom. The second-order valence-electron chi connectivity index (χ2n) is 4.47. The zero-order chi connectivity index (χ0) is 11.1. The van der Waals surface area contributed by atoms with Gasteiger partial charge in [-0.3, -0.25) is 0 Å². The molecule has 16 heavy (non-hydrogen) atoms. The molecule has 0 saturated carbocycles. The van der Waals surface area contributed by atoms with Gasteiger partial charge in [0.15, 0.2) is 0 Å². The summed E-state index contributed by atoms with van der Waals surface area (Å²) >= 11 is 6.90. The largest absolute Gasteiger partial charge is 0.316 e. The Bertz CT molecular complexity index is 456. The van der Waals surface area contributed by atoms with Gasteiger partial charge in [-0.15, -0.1) is 0 Å². The average Bonchev–Trinajstić information content (AvgIpc) is 2.81. The molecule has 4 heteroatoms. The van der Waals surface area contributed by atoms with Crippen molar-refractivity contribution in [1.82, 2.24) is 10.3 Å². The second-order valence-corrected chi connectivity index (χ2v) is 6.08. The molecule has 0 unspecified atom stereocenters. The summed E-state index contributed by atoms with van der Waals surface area (Å²) in [4.78, 5) is 4.33. The van der Waals surface area contributed by atoms with Crippen LogP contribution in [0.3, 0.4) is 0 Å². The highest BCUT2D eigenvalue weighted by Crippen LogP contribution is 2.39. The van der Waals surface area contributed by atoms with Crippen LogP contribution in [0.1, 0.15) is 12.0 Å². The van der Waals surface area contributed by atoms with Crippen LogP contribution in [0.2, 0.25) is 0 Å². The number of allylic oxidation sites excluding steroid dienone is 1. The van der Waals surface area contributed by atoms with Crippen LogP contribution < -0.4 is 5.32 Å². The first kappa shape index (κ1) is 10.9. The molecule has 3 rings (SSSR count). The maximum atomic E-state index is 4.33. The fourth-order valence-electron chi connectivity index (χ4n) is 2.59. The van der Waals surface area contributed by atoms with Gasteiger partial charge in [-0.2, -0.15) is 0 Å². The van der Waals surface area contributed by atoms with E-state index in [1.165, 1.54) is 17.6 Å². The molecule has 84 valence electrons. The fourth-order valence-corrected chi connectivity index (χ4v) is 3.16. The maximum absolute atomic E-state index is 4.33. The van der Waals surface area contributed by atoms with Crippen LogP contribution in [-0.4, -0.2) is 18.1 Å². The minimum Gasteiger partial charge on any atom is -0.316 e. The first-order valence-electron chi connectivity index (χ1n) is 5.47. The van der Waals surface area contributed by atoms with Crippen molar-refractivity contribution in [2.75, 3.05) is 13.1 Å². The molecule has 2 nitrogen and oxygen atoms in total. The van der Waals surface area contributed by atoms with Crippen molar-refractivity contribution in [3.8, 4) is 0 Å². The molecule has 1 N–H and O–H groups in total. The van der Waals surface area contributed by atoms with Crippen LogP contribution in [0.25, 0.3) is 5.57 Å². The Kier molecular flexibility index (Phi) is 2.90. The molecule has 1 saturated heterocycles. The molecule has 0 bridgehead atoms. The summed E-state index contributed by atoms with van der Waals surface area (Å²) in [6.07, 6.45) is 5.56. The Labute approximate surface area is 112 Å². The molecule has 2 atom stereocenters. The van der Waals surface area contributed by atoms with Gasteiger partial charge in [0, 0.05) is 12.7 Å². The number of hydrogen-bond acceptors (Lipinski definition) is 2. The maximum Gasteiger partial charge on any atom is 0.120 e. The van der Waals surface area contributed by atoms with Crippen molar-refractivity contribution < 1.29 is 0 Å². The lowest BCUT2D eigenvalue weighted by molar-refractivity contribution is 0.536. The smallest absolute Gasteiger partial charge is 0.120 e. The lowest BCUT2D eigenvalue weighted by Gasteiger charge is -2.07. The molecular formula is C12H12Br2N2. The van der Waals surface area contributed by atoms with E-state index >= 15 is 0 Å². The van der Waals surface area contributed by atoms with E-state index in [0.29, 0.717) is 0 Å². The van der Waals surface area contributed by atoms with Crippen molar-refractivity contribution in [2.45, 2.75) is 6.42 Å². The van der Waals surface area contributed by atoms with Gasteiger partial charge in [0.1, 0.15) is 4.60 Å². The van der Waals surface area contributed by atoms with Gasteiger partial charge in [0.25, 0.3) is 0 Å². The number of pyridine rings is 1. The number of aromatic nitrogens is 1. The van der Waals surface area contributed by atoms with E-state index in [0.717, 1.165) is 34.0 Å². The summed E-state index contributed by atoms with van der Waals surface area (Å²) in [6.45, 7) is 2.30. The molecule has 0 aromatic carbocycles. The predicted octanol–water partition coefficient (Wildman–Crippen LogP) is 3.23.